The summed E-state index contributed by atoms with van der Waals surface area (Å²) in [6.07, 6.45) is -12.4. The number of aromatic amines is 1. The van der Waals surface area contributed by atoms with Gasteiger partial charge in [0.15, 0.2) is 69.5 Å². The third kappa shape index (κ3) is 11.5. The largest absolute Gasteiger partial charge is 0.485 e. The Kier molecular flexibility index (Phi) is 19.2. The lowest BCUT2D eigenvalue weighted by Crippen LogP contribution is -2.31. The highest BCUT2D eigenvalue weighted by atomic mass is 19.2. The van der Waals surface area contributed by atoms with Gasteiger partial charge < -0.3 is 75.0 Å². The SMILES string of the molecule is OCC(O)COc1c(F)c(F)c(C2=C3C=CC(=C(c4c(F)c(F)c(OCC(O)CO)c(F)c4F)C4=NC(=C(c5c(F)c(F)c(OCC(O)CO)c(F)c5F)c5ccc([nH]5)C(c5c(F)c(F)c(OCC(O)CO)c(F)c5F)=C5C=CC2=N5)C(O)C4O)C3)c(F)c1F. The van der Waals surface area contributed by atoms with Crippen LogP contribution in [0.4, 0.5) is 70.2 Å². The Morgan fingerprint density at radius 1 is 0.389 bits per heavy atom. The van der Waals surface area contributed by atoms with Crippen molar-refractivity contribution in [3.8, 4) is 23.0 Å². The number of aromatic nitrogens is 1. The van der Waals surface area contributed by atoms with Gasteiger partial charge in [0.25, 0.3) is 0 Å². The van der Waals surface area contributed by atoms with Crippen molar-refractivity contribution in [1.29, 1.82) is 0 Å². The summed E-state index contributed by atoms with van der Waals surface area (Å²) in [7, 11) is 0. The molecule has 4 aliphatic rings. The molecule has 0 fully saturated rings. The van der Waals surface area contributed by atoms with Gasteiger partial charge in [-0.2, -0.15) is 35.1 Å². The van der Waals surface area contributed by atoms with Crippen molar-refractivity contribution in [2.24, 2.45) is 9.98 Å². The zero-order chi connectivity index (χ0) is 65.8. The van der Waals surface area contributed by atoms with Crippen LogP contribution in [0.15, 0.2) is 69.0 Å². The summed E-state index contributed by atoms with van der Waals surface area (Å²) in [5, 5.41) is 100. The van der Waals surface area contributed by atoms with E-state index in [0.717, 1.165) is 0 Å². The first-order chi connectivity index (χ1) is 42.6. The molecule has 0 spiro atoms. The maximum absolute atomic E-state index is 16.9. The summed E-state index contributed by atoms with van der Waals surface area (Å²) in [5.74, 6) is -47.1. The predicted octanol–water partition coefficient (Wildman–Crippen LogP) is 5.76. The molecule has 9 rings (SSSR count). The fourth-order valence-electron chi connectivity index (χ4n) is 9.63. The first kappa shape index (κ1) is 66.0. The molecule has 480 valence electrons. The zero-order valence-electron chi connectivity index (χ0n) is 44.8. The number of benzene rings is 4. The van der Waals surface area contributed by atoms with Gasteiger partial charge in [0.05, 0.1) is 71.5 Å². The van der Waals surface area contributed by atoms with Gasteiger partial charge in [-0.25, -0.2) is 40.1 Å². The Morgan fingerprint density at radius 3 is 1.06 bits per heavy atom. The number of nitrogens with zero attached hydrogens (tertiary/aromatic N) is 2. The molecular formula is C57H41F16N3O14. The maximum Gasteiger partial charge on any atom is 0.204 e. The van der Waals surface area contributed by atoms with Crippen LogP contribution in [0.25, 0.3) is 22.3 Å². The van der Waals surface area contributed by atoms with E-state index in [-0.39, 0.29) is 0 Å². The minimum atomic E-state index is -2.99. The van der Waals surface area contributed by atoms with E-state index in [1.807, 2.05) is 0 Å². The quantitative estimate of drug-likeness (QED) is 0.0327. The molecule has 8 bridgehead atoms. The highest BCUT2D eigenvalue weighted by Crippen LogP contribution is 2.49. The number of hydrogen-bond donors (Lipinski definition) is 11. The van der Waals surface area contributed by atoms with Crippen LogP contribution in [0.3, 0.4) is 0 Å². The van der Waals surface area contributed by atoms with E-state index >= 15 is 70.2 Å². The second-order valence-electron chi connectivity index (χ2n) is 19.8. The van der Waals surface area contributed by atoms with E-state index in [4.69, 9.17) is 18.9 Å². The first-order valence-corrected chi connectivity index (χ1v) is 25.8. The van der Waals surface area contributed by atoms with Crippen molar-refractivity contribution in [3.05, 3.63) is 186 Å². The molecular weight excluding hydrogens is 1250 g/mol. The second-order valence-corrected chi connectivity index (χ2v) is 19.8. The summed E-state index contributed by atoms with van der Waals surface area (Å²) < 4.78 is 283. The molecule has 4 heterocycles. The van der Waals surface area contributed by atoms with Gasteiger partial charge >= 0.3 is 0 Å². The molecule has 33 heteroatoms. The van der Waals surface area contributed by atoms with Gasteiger partial charge in [-0.3, -0.25) is 4.99 Å². The van der Waals surface area contributed by atoms with Crippen LogP contribution in [0.1, 0.15) is 40.1 Å². The highest BCUT2D eigenvalue weighted by molar-refractivity contribution is 6.33. The van der Waals surface area contributed by atoms with E-state index in [1.54, 1.807) is 0 Å². The van der Waals surface area contributed by atoms with Gasteiger partial charge in [0, 0.05) is 33.7 Å². The smallest absolute Gasteiger partial charge is 0.204 e. The van der Waals surface area contributed by atoms with Gasteiger partial charge in [-0.05, 0) is 41.9 Å². The molecule has 4 aromatic carbocycles. The van der Waals surface area contributed by atoms with E-state index in [2.05, 4.69) is 15.0 Å². The minimum Gasteiger partial charge on any atom is -0.485 e. The molecule has 1 aromatic heterocycles. The van der Waals surface area contributed by atoms with Gasteiger partial charge in [-0.15, -0.1) is 0 Å². The topological polar surface area (TPSA) is 280 Å². The predicted molar refractivity (Wildman–Crippen MR) is 276 cm³/mol. The number of nitrogens with one attached hydrogen (secondary N) is 1. The Bertz CT molecular complexity index is 3930. The van der Waals surface area contributed by atoms with Crippen LogP contribution >= 0.6 is 0 Å². The van der Waals surface area contributed by atoms with Crippen LogP contribution in [-0.4, -0.2) is 157 Å². The lowest BCUT2D eigenvalue weighted by atomic mass is 9.88. The van der Waals surface area contributed by atoms with Crippen LogP contribution in [0.5, 0.6) is 23.0 Å². The molecule has 6 unspecified atom stereocenters. The number of ether oxygens (including phenoxy) is 4. The third-order valence-electron chi connectivity index (χ3n) is 13.9. The van der Waals surface area contributed by atoms with E-state index in [0.29, 0.717) is 36.4 Å². The van der Waals surface area contributed by atoms with E-state index in [9.17, 15) is 51.1 Å². The molecule has 3 aliphatic heterocycles. The molecule has 1 aliphatic carbocycles. The molecule has 90 heavy (non-hydrogen) atoms. The number of aliphatic imine (C=N–C) groups is 2. The van der Waals surface area contributed by atoms with Crippen molar-refractivity contribution in [2.45, 2.75) is 43.0 Å². The van der Waals surface area contributed by atoms with Crippen LogP contribution in [0, 0.1) is 93.1 Å². The minimum absolute atomic E-state index is 0.548. The number of fused-ring (bicyclic) bond motifs is 6. The summed E-state index contributed by atoms with van der Waals surface area (Å²) in [4.78, 5) is 10.3. The molecule has 0 amide bonds. The number of halogens is 16. The van der Waals surface area contributed by atoms with Gasteiger partial charge in [0.2, 0.25) is 46.5 Å². The lowest BCUT2D eigenvalue weighted by Gasteiger charge is -2.20. The van der Waals surface area contributed by atoms with Crippen molar-refractivity contribution in [1.82, 2.24) is 4.98 Å². The second kappa shape index (κ2) is 26.2. The Morgan fingerprint density at radius 2 is 0.700 bits per heavy atom. The van der Waals surface area contributed by atoms with Crippen LogP contribution in [0.2, 0.25) is 0 Å². The van der Waals surface area contributed by atoms with E-state index < -0.39 is 302 Å². The fraction of sp³-hybridized carbons (Fsp3) is 0.263. The van der Waals surface area contributed by atoms with Gasteiger partial charge in [0.1, 0.15) is 63.1 Å². The maximum atomic E-state index is 16.9. The Balaban J connectivity index is 1.45. The molecule has 0 radical (unpaired) electrons. The highest BCUT2D eigenvalue weighted by Gasteiger charge is 2.45. The Labute approximate surface area is 492 Å². The zero-order valence-corrected chi connectivity index (χ0v) is 44.8. The number of aliphatic hydroxyl groups is 10. The molecule has 0 saturated carbocycles. The summed E-state index contributed by atoms with van der Waals surface area (Å²) in [6.45, 7) is -9.50. The normalized spacial score (nSPS) is 17.9. The average Bonchev–Trinajstić information content (AvgIpc) is 1.47. The van der Waals surface area contributed by atoms with Crippen molar-refractivity contribution < 1.29 is 140 Å². The molecule has 6 atom stereocenters. The standard InChI is InChI=1S/C57H41F16N3O14/c58-34-30(35(59)43(67)54(42(34)66)87-12-18(81)8-77)26-16-1-2-17(7-16)27(31-36(60)44(68)55(45(69)37(31)61)88-13-19(82)9-78)50-52(85)53(86)51(76-50)29(33-40(64)48(72)57(49(73)41(33)65)90-15-21(84)11-80)25-6-5-24(75-25)28(23-4-3-22(26)74-23)32-38(62)46(70)56(47(71)39(32)63)89-14-20(83)10-79/h1-6,18-21,52-53,75,77-86H,7-15H2. The van der Waals surface area contributed by atoms with Crippen molar-refractivity contribution in [2.75, 3.05) is 52.9 Å². The number of H-pyrrole nitrogens is 1. The average molecular weight is 1300 g/mol. The summed E-state index contributed by atoms with van der Waals surface area (Å²) in [6, 6.07) is 1.13. The number of rotatable bonds is 20. The van der Waals surface area contributed by atoms with Crippen LogP contribution < -0.4 is 18.9 Å². The molecule has 0 saturated heterocycles. The molecule has 5 aromatic rings. The first-order valence-electron chi connectivity index (χ1n) is 25.8. The lowest BCUT2D eigenvalue weighted by molar-refractivity contribution is 0.0503. The molecule has 11 N–H and O–H groups in total. The summed E-state index contributed by atoms with van der Waals surface area (Å²) in [5.41, 5.74) is -22.0. The number of allylic oxidation sites excluding steroid dienone is 7. The number of hydrogen-bond acceptors (Lipinski definition) is 16. The van der Waals surface area contributed by atoms with E-state index in [1.165, 1.54) is 0 Å². The summed E-state index contributed by atoms with van der Waals surface area (Å²) >= 11 is 0. The fourth-order valence-corrected chi connectivity index (χ4v) is 9.63. The van der Waals surface area contributed by atoms with Crippen molar-refractivity contribution in [3.63, 3.8) is 0 Å². The number of aliphatic hydroxyl groups excluding tert-OH is 10. The molecule has 17 nitrogen and oxygen atoms in total. The van der Waals surface area contributed by atoms with Crippen molar-refractivity contribution >= 4 is 33.7 Å². The monoisotopic (exact) mass is 1300 g/mol. The third-order valence-corrected chi connectivity index (χ3v) is 13.9. The Hall–Kier alpha value is -8.38. The van der Waals surface area contributed by atoms with Crippen LogP contribution in [-0.2, 0) is 0 Å². The van der Waals surface area contributed by atoms with Gasteiger partial charge in [-0.1, -0.05) is 12.2 Å².